The fourth-order valence-electron chi connectivity index (χ4n) is 1.64. The molecule has 1 aromatic heterocycles. The summed E-state index contributed by atoms with van der Waals surface area (Å²) in [6, 6.07) is 9.12. The van der Waals surface area contributed by atoms with E-state index in [9.17, 15) is 0 Å². The van der Waals surface area contributed by atoms with Crippen LogP contribution in [0.2, 0.25) is 5.02 Å². The Morgan fingerprint density at radius 2 is 2.00 bits per heavy atom. The van der Waals surface area contributed by atoms with E-state index >= 15 is 0 Å². The van der Waals surface area contributed by atoms with Crippen LogP contribution in [0.5, 0.6) is 0 Å². The van der Waals surface area contributed by atoms with Crippen molar-refractivity contribution in [3.8, 4) is 0 Å². The minimum Gasteiger partial charge on any atom is -0.384 e. The van der Waals surface area contributed by atoms with Crippen LogP contribution in [0.15, 0.2) is 41.0 Å². The number of aromatic nitrogens is 1. The van der Waals surface area contributed by atoms with Crippen molar-refractivity contribution in [1.82, 2.24) is 4.98 Å². The smallest absolute Gasteiger partial charge is 0.151 e. The van der Waals surface area contributed by atoms with E-state index in [0.29, 0.717) is 16.4 Å². The van der Waals surface area contributed by atoms with E-state index in [2.05, 4.69) is 20.9 Å². The molecule has 3 N–H and O–H groups in total. The monoisotopic (exact) mass is 338 g/mol. The summed E-state index contributed by atoms with van der Waals surface area (Å²) in [5, 5.41) is 7.92. The van der Waals surface area contributed by atoms with E-state index in [4.69, 9.17) is 22.7 Å². The summed E-state index contributed by atoms with van der Waals surface area (Å²) >= 11 is 9.49. The van der Waals surface area contributed by atoms with Gasteiger partial charge in [0, 0.05) is 29.0 Å². The molecule has 1 aromatic carbocycles. The first-order valence-corrected chi connectivity index (χ1v) is 6.65. The van der Waals surface area contributed by atoms with Gasteiger partial charge in [0.25, 0.3) is 0 Å². The average Bonchev–Trinajstić information content (AvgIpc) is 2.38. The number of nitrogen functional groups attached to an aromatic ring is 1. The molecule has 2 rings (SSSR count). The van der Waals surface area contributed by atoms with Crippen LogP contribution < -0.4 is 10.6 Å². The first kappa shape index (κ1) is 13.8. The fraction of sp³-hybridized carbons (Fsp3) is 0.0769. The molecule has 4 nitrogen and oxygen atoms in total. The summed E-state index contributed by atoms with van der Waals surface area (Å²) in [7, 11) is 1.88. The second-order valence-corrected chi connectivity index (χ2v) is 5.30. The van der Waals surface area contributed by atoms with Gasteiger partial charge in [0.1, 0.15) is 5.84 Å². The van der Waals surface area contributed by atoms with Crippen LogP contribution in [0, 0.1) is 5.41 Å². The van der Waals surface area contributed by atoms with E-state index in [1.165, 1.54) is 0 Å². The van der Waals surface area contributed by atoms with Crippen molar-refractivity contribution < 1.29 is 0 Å². The van der Waals surface area contributed by atoms with Crippen LogP contribution in [-0.4, -0.2) is 17.9 Å². The van der Waals surface area contributed by atoms with Crippen molar-refractivity contribution >= 4 is 44.9 Å². The molecule has 1 heterocycles. The molecule has 0 bridgehead atoms. The Balaban J connectivity index is 2.33. The summed E-state index contributed by atoms with van der Waals surface area (Å²) in [5.74, 6) is 0.717. The largest absolute Gasteiger partial charge is 0.384 e. The number of hydrogen-bond donors (Lipinski definition) is 2. The van der Waals surface area contributed by atoms with Crippen molar-refractivity contribution in [2.24, 2.45) is 5.73 Å². The lowest BCUT2D eigenvalue weighted by molar-refractivity contribution is 1.12. The van der Waals surface area contributed by atoms with Crippen LogP contribution in [0.25, 0.3) is 0 Å². The number of hydrogen-bond acceptors (Lipinski definition) is 3. The molecule has 19 heavy (non-hydrogen) atoms. The number of anilines is 2. The molecular weight excluding hydrogens is 328 g/mol. The van der Waals surface area contributed by atoms with E-state index in [0.717, 1.165) is 10.2 Å². The van der Waals surface area contributed by atoms with Crippen molar-refractivity contribution in [1.29, 1.82) is 5.41 Å². The third kappa shape index (κ3) is 3.05. The Labute approximate surface area is 124 Å². The molecule has 6 heteroatoms. The van der Waals surface area contributed by atoms with Gasteiger partial charge in [0.2, 0.25) is 0 Å². The van der Waals surface area contributed by atoms with E-state index < -0.39 is 0 Å². The molecule has 0 aliphatic carbocycles. The topological polar surface area (TPSA) is 66.0 Å². The Kier molecular flexibility index (Phi) is 4.07. The standard InChI is InChI=1S/C13H12BrClN4/c1-19(13-11(15)6-9(14)7-18-13)10-4-2-8(3-5-10)12(16)17/h2-7H,1H3,(H3,16,17). The van der Waals surface area contributed by atoms with Gasteiger partial charge < -0.3 is 10.6 Å². The highest BCUT2D eigenvalue weighted by molar-refractivity contribution is 9.10. The second kappa shape index (κ2) is 5.59. The van der Waals surface area contributed by atoms with Gasteiger partial charge in [-0.25, -0.2) is 4.98 Å². The number of benzene rings is 1. The Morgan fingerprint density at radius 3 is 2.53 bits per heavy atom. The predicted octanol–water partition coefficient (Wildman–Crippen LogP) is 3.55. The molecular formula is C13H12BrClN4. The number of amidine groups is 1. The normalized spacial score (nSPS) is 10.3. The third-order valence-corrected chi connectivity index (χ3v) is 3.38. The van der Waals surface area contributed by atoms with Crippen molar-refractivity contribution in [2.45, 2.75) is 0 Å². The first-order valence-electron chi connectivity index (χ1n) is 5.48. The van der Waals surface area contributed by atoms with Crippen LogP contribution >= 0.6 is 27.5 Å². The molecule has 0 spiro atoms. The summed E-state index contributed by atoms with van der Waals surface area (Å²) < 4.78 is 0.835. The molecule has 0 amide bonds. The van der Waals surface area contributed by atoms with Gasteiger partial charge in [0.15, 0.2) is 5.82 Å². The zero-order chi connectivity index (χ0) is 14.0. The predicted molar refractivity (Wildman–Crippen MR) is 82.5 cm³/mol. The Hall–Kier alpha value is -1.59. The molecule has 0 aliphatic rings. The van der Waals surface area contributed by atoms with Crippen LogP contribution in [0.3, 0.4) is 0 Å². The van der Waals surface area contributed by atoms with Gasteiger partial charge in [-0.05, 0) is 46.3 Å². The van der Waals surface area contributed by atoms with E-state index in [1.54, 1.807) is 24.4 Å². The number of nitrogens with two attached hydrogens (primary N) is 1. The van der Waals surface area contributed by atoms with E-state index in [-0.39, 0.29) is 5.84 Å². The van der Waals surface area contributed by atoms with Crippen LogP contribution in [-0.2, 0) is 0 Å². The molecule has 0 saturated heterocycles. The molecule has 2 aromatic rings. The van der Waals surface area contributed by atoms with Gasteiger partial charge in [-0.1, -0.05) is 11.6 Å². The summed E-state index contributed by atoms with van der Waals surface area (Å²) in [4.78, 5) is 6.17. The van der Waals surface area contributed by atoms with Gasteiger partial charge in [-0.3, -0.25) is 5.41 Å². The lowest BCUT2D eigenvalue weighted by Gasteiger charge is -2.19. The number of nitrogens with zero attached hydrogens (tertiary/aromatic N) is 2. The van der Waals surface area contributed by atoms with Gasteiger partial charge >= 0.3 is 0 Å². The molecule has 0 radical (unpaired) electrons. The molecule has 0 fully saturated rings. The van der Waals surface area contributed by atoms with Crippen LogP contribution in [0.4, 0.5) is 11.5 Å². The second-order valence-electron chi connectivity index (χ2n) is 3.98. The molecule has 0 saturated carbocycles. The molecule has 0 aliphatic heterocycles. The number of rotatable bonds is 3. The van der Waals surface area contributed by atoms with Crippen LogP contribution in [0.1, 0.15) is 5.56 Å². The van der Waals surface area contributed by atoms with Gasteiger partial charge in [-0.2, -0.15) is 0 Å². The molecule has 0 unspecified atom stereocenters. The van der Waals surface area contributed by atoms with Crippen molar-refractivity contribution in [3.05, 3.63) is 51.6 Å². The Bertz CT molecular complexity index is 613. The number of nitrogens with one attached hydrogen (secondary N) is 1. The van der Waals surface area contributed by atoms with Crippen molar-refractivity contribution in [2.75, 3.05) is 11.9 Å². The maximum atomic E-state index is 7.36. The SMILES string of the molecule is CN(c1ccc(C(=N)N)cc1)c1ncc(Br)cc1Cl. The third-order valence-electron chi connectivity index (χ3n) is 2.67. The highest BCUT2D eigenvalue weighted by atomic mass is 79.9. The van der Waals surface area contributed by atoms with Gasteiger partial charge in [0.05, 0.1) is 5.02 Å². The number of pyridine rings is 1. The minimum absolute atomic E-state index is 0.0500. The van der Waals surface area contributed by atoms with Crippen molar-refractivity contribution in [3.63, 3.8) is 0 Å². The summed E-state index contributed by atoms with van der Waals surface area (Å²) in [6.45, 7) is 0. The quantitative estimate of drug-likeness (QED) is 0.664. The summed E-state index contributed by atoms with van der Waals surface area (Å²) in [6.07, 6.45) is 1.70. The maximum absolute atomic E-state index is 7.36. The highest BCUT2D eigenvalue weighted by Crippen LogP contribution is 2.30. The lowest BCUT2D eigenvalue weighted by atomic mass is 10.2. The minimum atomic E-state index is 0.0500. The lowest BCUT2D eigenvalue weighted by Crippen LogP contribution is -2.13. The average molecular weight is 340 g/mol. The zero-order valence-electron chi connectivity index (χ0n) is 10.2. The molecule has 0 atom stereocenters. The van der Waals surface area contributed by atoms with E-state index in [1.807, 2.05) is 24.1 Å². The summed E-state index contributed by atoms with van der Waals surface area (Å²) in [5.41, 5.74) is 7.03. The maximum Gasteiger partial charge on any atom is 0.151 e. The zero-order valence-corrected chi connectivity index (χ0v) is 12.5. The number of halogens is 2. The highest BCUT2D eigenvalue weighted by Gasteiger charge is 2.10. The Morgan fingerprint density at radius 1 is 1.37 bits per heavy atom. The van der Waals surface area contributed by atoms with Gasteiger partial charge in [-0.15, -0.1) is 0 Å². The fourth-order valence-corrected chi connectivity index (χ4v) is 2.40. The molecule has 98 valence electrons. The first-order chi connectivity index (χ1) is 8.99.